The first kappa shape index (κ1) is 14.5. The van der Waals surface area contributed by atoms with Crippen molar-refractivity contribution in [3.8, 4) is 0 Å². The Hall–Kier alpha value is -1.88. The van der Waals surface area contributed by atoms with Gasteiger partial charge < -0.3 is 10.6 Å². The minimum Gasteiger partial charge on any atom is -0.357 e. The lowest BCUT2D eigenvalue weighted by Crippen LogP contribution is -2.14. The van der Waals surface area contributed by atoms with Gasteiger partial charge in [-0.15, -0.1) is 0 Å². The molecule has 1 aromatic heterocycles. The second-order valence-corrected chi connectivity index (χ2v) is 5.76. The highest BCUT2D eigenvalue weighted by atomic mass is 35.5. The summed E-state index contributed by atoms with van der Waals surface area (Å²) in [5, 5.41) is 6.21. The Kier molecular flexibility index (Phi) is 4.09. The highest BCUT2D eigenvalue weighted by molar-refractivity contribution is 6.28. The summed E-state index contributed by atoms with van der Waals surface area (Å²) >= 11 is 5.88. The number of para-hydroxylation sites is 1. The zero-order chi connectivity index (χ0) is 14.8. The minimum absolute atomic E-state index is 0.0201. The normalized spacial score (nSPS) is 11.2. The molecule has 0 aliphatic carbocycles. The number of hydrogen-bond acceptors (Lipinski definition) is 5. The zero-order valence-corrected chi connectivity index (χ0v) is 12.8. The Morgan fingerprint density at radius 2 is 1.65 bits per heavy atom. The summed E-state index contributed by atoms with van der Waals surface area (Å²) in [7, 11) is 1.73. The summed E-state index contributed by atoms with van der Waals surface area (Å²) in [5.74, 6) is 0.854. The number of nitrogens with one attached hydrogen (secondary N) is 2. The molecule has 1 aromatic carbocycles. The van der Waals surface area contributed by atoms with E-state index in [1.807, 2.05) is 18.2 Å². The number of aromatic nitrogens is 3. The number of halogens is 1. The summed E-state index contributed by atoms with van der Waals surface area (Å²) in [6.07, 6.45) is 0. The first-order chi connectivity index (χ1) is 9.40. The predicted octanol–water partition coefficient (Wildman–Crippen LogP) is 3.61. The van der Waals surface area contributed by atoms with E-state index in [1.54, 1.807) is 7.05 Å². The van der Waals surface area contributed by atoms with E-state index in [2.05, 4.69) is 52.4 Å². The molecule has 20 heavy (non-hydrogen) atoms. The summed E-state index contributed by atoms with van der Waals surface area (Å²) in [4.78, 5) is 12.3. The van der Waals surface area contributed by atoms with Crippen LogP contribution in [0.2, 0.25) is 5.28 Å². The molecule has 1 heterocycles. The monoisotopic (exact) mass is 291 g/mol. The van der Waals surface area contributed by atoms with E-state index >= 15 is 0 Å². The van der Waals surface area contributed by atoms with Crippen molar-refractivity contribution in [3.05, 3.63) is 35.1 Å². The molecule has 5 nitrogen and oxygen atoms in total. The van der Waals surface area contributed by atoms with Crippen LogP contribution in [0.25, 0.3) is 0 Å². The molecule has 0 fully saturated rings. The van der Waals surface area contributed by atoms with Crippen molar-refractivity contribution >= 4 is 29.2 Å². The average Bonchev–Trinajstić information content (AvgIpc) is 2.37. The van der Waals surface area contributed by atoms with Gasteiger partial charge in [0.1, 0.15) is 0 Å². The van der Waals surface area contributed by atoms with Gasteiger partial charge in [0.25, 0.3) is 0 Å². The second-order valence-electron chi connectivity index (χ2n) is 5.42. The Morgan fingerprint density at radius 1 is 1.00 bits per heavy atom. The highest BCUT2D eigenvalue weighted by Gasteiger charge is 2.18. The maximum atomic E-state index is 5.88. The van der Waals surface area contributed by atoms with Gasteiger partial charge in [-0.1, -0.05) is 39.0 Å². The SMILES string of the molecule is CNc1nc(Cl)nc(Nc2ccccc2C(C)(C)C)n1. The summed E-state index contributed by atoms with van der Waals surface area (Å²) < 4.78 is 0. The van der Waals surface area contributed by atoms with Gasteiger partial charge in [0, 0.05) is 12.7 Å². The molecule has 0 spiro atoms. The van der Waals surface area contributed by atoms with Crippen molar-refractivity contribution < 1.29 is 0 Å². The van der Waals surface area contributed by atoms with Crippen LogP contribution >= 0.6 is 11.6 Å². The summed E-state index contributed by atoms with van der Waals surface area (Å²) in [5.41, 5.74) is 2.17. The third-order valence-corrected chi connectivity index (χ3v) is 2.98. The van der Waals surface area contributed by atoms with E-state index in [1.165, 1.54) is 5.56 Å². The number of anilines is 3. The van der Waals surface area contributed by atoms with Crippen LogP contribution in [0.1, 0.15) is 26.3 Å². The maximum absolute atomic E-state index is 5.88. The Morgan fingerprint density at radius 3 is 2.30 bits per heavy atom. The van der Waals surface area contributed by atoms with Gasteiger partial charge in [0.2, 0.25) is 17.2 Å². The molecule has 0 amide bonds. The van der Waals surface area contributed by atoms with Gasteiger partial charge >= 0.3 is 0 Å². The molecule has 106 valence electrons. The Balaban J connectivity index is 2.38. The standard InChI is InChI=1S/C14H18ClN5/c1-14(2,3)9-7-5-6-8-10(9)17-13-19-11(15)18-12(16-4)20-13/h5-8H,1-4H3,(H2,16,17,18,19,20). The Labute approximate surface area is 123 Å². The number of rotatable bonds is 3. The summed E-state index contributed by atoms with van der Waals surface area (Å²) in [6, 6.07) is 8.08. The fourth-order valence-corrected chi connectivity index (χ4v) is 2.04. The molecule has 0 atom stereocenters. The molecule has 2 rings (SSSR count). The summed E-state index contributed by atoms with van der Waals surface area (Å²) in [6.45, 7) is 6.48. The first-order valence-corrected chi connectivity index (χ1v) is 6.74. The molecular formula is C14H18ClN5. The number of hydrogen-bond donors (Lipinski definition) is 2. The van der Waals surface area contributed by atoms with Crippen LogP contribution in [0.15, 0.2) is 24.3 Å². The van der Waals surface area contributed by atoms with Crippen LogP contribution in [0.3, 0.4) is 0 Å². The molecule has 0 radical (unpaired) electrons. The minimum atomic E-state index is 0.0201. The lowest BCUT2D eigenvalue weighted by molar-refractivity contribution is 0.592. The molecule has 0 unspecified atom stereocenters. The van der Waals surface area contributed by atoms with E-state index < -0.39 is 0 Å². The third-order valence-electron chi connectivity index (χ3n) is 2.81. The smallest absolute Gasteiger partial charge is 0.233 e. The van der Waals surface area contributed by atoms with E-state index in [9.17, 15) is 0 Å². The molecule has 2 aromatic rings. The number of benzene rings is 1. The van der Waals surface area contributed by atoms with Crippen molar-refractivity contribution in [1.29, 1.82) is 0 Å². The Bertz CT molecular complexity index is 607. The molecular weight excluding hydrogens is 274 g/mol. The van der Waals surface area contributed by atoms with Gasteiger partial charge in [-0.25, -0.2) is 0 Å². The topological polar surface area (TPSA) is 62.7 Å². The fourth-order valence-electron chi connectivity index (χ4n) is 1.88. The molecule has 0 aliphatic heterocycles. The highest BCUT2D eigenvalue weighted by Crippen LogP contribution is 2.30. The molecule has 0 saturated heterocycles. The van der Waals surface area contributed by atoms with E-state index in [0.29, 0.717) is 11.9 Å². The molecule has 0 saturated carbocycles. The van der Waals surface area contributed by atoms with E-state index in [0.717, 1.165) is 5.69 Å². The largest absolute Gasteiger partial charge is 0.357 e. The van der Waals surface area contributed by atoms with Crippen LogP contribution in [-0.4, -0.2) is 22.0 Å². The second kappa shape index (κ2) is 5.63. The van der Waals surface area contributed by atoms with Crippen LogP contribution < -0.4 is 10.6 Å². The van der Waals surface area contributed by atoms with Crippen molar-refractivity contribution in [3.63, 3.8) is 0 Å². The molecule has 2 N–H and O–H groups in total. The molecule has 6 heteroatoms. The quantitative estimate of drug-likeness (QED) is 0.904. The van der Waals surface area contributed by atoms with Gasteiger partial charge in [-0.05, 0) is 28.6 Å². The van der Waals surface area contributed by atoms with Crippen molar-refractivity contribution in [1.82, 2.24) is 15.0 Å². The van der Waals surface area contributed by atoms with Gasteiger partial charge in [0.05, 0.1) is 0 Å². The number of nitrogens with zero attached hydrogens (tertiary/aromatic N) is 3. The van der Waals surface area contributed by atoms with Crippen LogP contribution in [0.4, 0.5) is 17.6 Å². The molecule has 0 bridgehead atoms. The third kappa shape index (κ3) is 3.36. The average molecular weight is 292 g/mol. The van der Waals surface area contributed by atoms with Gasteiger partial charge in [-0.2, -0.15) is 15.0 Å². The van der Waals surface area contributed by atoms with E-state index in [-0.39, 0.29) is 10.7 Å². The predicted molar refractivity (Wildman–Crippen MR) is 82.8 cm³/mol. The van der Waals surface area contributed by atoms with Crippen LogP contribution in [0, 0.1) is 0 Å². The van der Waals surface area contributed by atoms with Crippen molar-refractivity contribution in [2.45, 2.75) is 26.2 Å². The fraction of sp³-hybridized carbons (Fsp3) is 0.357. The lowest BCUT2D eigenvalue weighted by atomic mass is 9.86. The first-order valence-electron chi connectivity index (χ1n) is 6.36. The molecule has 0 aliphatic rings. The lowest BCUT2D eigenvalue weighted by Gasteiger charge is -2.23. The maximum Gasteiger partial charge on any atom is 0.233 e. The zero-order valence-electron chi connectivity index (χ0n) is 12.0. The van der Waals surface area contributed by atoms with Gasteiger partial charge in [0.15, 0.2) is 0 Å². The van der Waals surface area contributed by atoms with Crippen LogP contribution in [0.5, 0.6) is 0 Å². The van der Waals surface area contributed by atoms with Gasteiger partial charge in [-0.3, -0.25) is 0 Å². The van der Waals surface area contributed by atoms with Crippen molar-refractivity contribution in [2.24, 2.45) is 0 Å². The van der Waals surface area contributed by atoms with Crippen molar-refractivity contribution in [2.75, 3.05) is 17.7 Å². The van der Waals surface area contributed by atoms with Crippen LogP contribution in [-0.2, 0) is 5.41 Å². The van der Waals surface area contributed by atoms with E-state index in [4.69, 9.17) is 11.6 Å².